The van der Waals surface area contributed by atoms with Gasteiger partial charge in [-0.2, -0.15) is 0 Å². The summed E-state index contributed by atoms with van der Waals surface area (Å²) in [7, 11) is 1.59. The van der Waals surface area contributed by atoms with Crippen molar-refractivity contribution in [2.45, 2.75) is 6.42 Å². The van der Waals surface area contributed by atoms with Gasteiger partial charge >= 0.3 is 0 Å². The molecule has 2 aromatic carbocycles. The Morgan fingerprint density at radius 3 is 2.40 bits per heavy atom. The van der Waals surface area contributed by atoms with Crippen LogP contribution in [0.15, 0.2) is 40.9 Å². The normalized spacial score (nSPS) is 10.4. The van der Waals surface area contributed by atoms with Gasteiger partial charge in [-0.1, -0.05) is 39.1 Å². The molecule has 0 saturated heterocycles. The molecular weight excluding hydrogens is 363 g/mol. The molecule has 5 heteroatoms. The quantitative estimate of drug-likeness (QED) is 0.689. The fourth-order valence-electron chi connectivity index (χ4n) is 1.80. The molecule has 0 atom stereocenters. The van der Waals surface area contributed by atoms with Gasteiger partial charge in [0.25, 0.3) is 0 Å². The summed E-state index contributed by atoms with van der Waals surface area (Å²) >= 11 is 15.3. The standard InChI is InChI=1S/C15H11BrCl2O2/c1-20-13-2-3-14(16)9(6-13)7-15(19)10-4-11(17)8-12(18)5-10/h2-6,8H,7H2,1H3. The molecule has 20 heavy (non-hydrogen) atoms. The molecule has 2 nitrogen and oxygen atoms in total. The number of ether oxygens (including phenoxy) is 1. The van der Waals surface area contributed by atoms with Crippen LogP contribution >= 0.6 is 39.1 Å². The summed E-state index contributed by atoms with van der Waals surface area (Å²) in [5.41, 5.74) is 1.35. The number of carbonyl (C=O) groups excluding carboxylic acids is 1. The van der Waals surface area contributed by atoms with Crippen LogP contribution in [-0.4, -0.2) is 12.9 Å². The zero-order chi connectivity index (χ0) is 14.7. The first-order chi connectivity index (χ1) is 9.49. The van der Waals surface area contributed by atoms with E-state index in [1.807, 2.05) is 18.2 Å². The lowest BCUT2D eigenvalue weighted by molar-refractivity contribution is 0.0993. The van der Waals surface area contributed by atoms with Crippen LogP contribution in [0, 0.1) is 0 Å². The first kappa shape index (κ1) is 15.4. The number of Topliss-reactive ketones (excluding diaryl/α,β-unsaturated/α-hetero) is 1. The van der Waals surface area contributed by atoms with Gasteiger partial charge < -0.3 is 4.74 Å². The molecule has 0 unspecified atom stereocenters. The highest BCUT2D eigenvalue weighted by atomic mass is 79.9. The summed E-state index contributed by atoms with van der Waals surface area (Å²) in [6.45, 7) is 0. The molecule has 0 aliphatic heterocycles. The van der Waals surface area contributed by atoms with Crippen LogP contribution < -0.4 is 4.74 Å². The fourth-order valence-corrected chi connectivity index (χ4v) is 2.72. The van der Waals surface area contributed by atoms with Crippen LogP contribution in [0.2, 0.25) is 10.0 Å². The van der Waals surface area contributed by atoms with Gasteiger partial charge in [0.05, 0.1) is 7.11 Å². The third-order valence-electron chi connectivity index (χ3n) is 2.79. The van der Waals surface area contributed by atoms with Gasteiger partial charge in [0.2, 0.25) is 0 Å². The van der Waals surface area contributed by atoms with E-state index in [2.05, 4.69) is 15.9 Å². The van der Waals surface area contributed by atoms with Gasteiger partial charge in [-0.05, 0) is 42.0 Å². The van der Waals surface area contributed by atoms with E-state index in [1.54, 1.807) is 25.3 Å². The topological polar surface area (TPSA) is 26.3 Å². The lowest BCUT2D eigenvalue weighted by atomic mass is 10.0. The molecule has 0 aromatic heterocycles. The van der Waals surface area contributed by atoms with Crippen LogP contribution in [0.5, 0.6) is 5.75 Å². The van der Waals surface area contributed by atoms with Gasteiger partial charge in [-0.3, -0.25) is 4.79 Å². The molecule has 0 amide bonds. The number of ketones is 1. The van der Waals surface area contributed by atoms with Gasteiger partial charge in [-0.15, -0.1) is 0 Å². The molecule has 0 bridgehead atoms. The summed E-state index contributed by atoms with van der Waals surface area (Å²) in [4.78, 5) is 12.3. The number of carbonyl (C=O) groups is 1. The van der Waals surface area contributed by atoms with E-state index in [1.165, 1.54) is 0 Å². The van der Waals surface area contributed by atoms with Gasteiger partial charge in [-0.25, -0.2) is 0 Å². The third-order valence-corrected chi connectivity index (χ3v) is 4.00. The minimum atomic E-state index is -0.0525. The summed E-state index contributed by atoms with van der Waals surface area (Å²) in [5.74, 6) is 0.656. The average Bonchev–Trinajstić information content (AvgIpc) is 2.40. The number of methoxy groups -OCH3 is 1. The molecular formula is C15H11BrCl2O2. The van der Waals surface area contributed by atoms with Crippen molar-refractivity contribution in [1.82, 2.24) is 0 Å². The number of hydrogen-bond donors (Lipinski definition) is 0. The highest BCUT2D eigenvalue weighted by Crippen LogP contribution is 2.25. The van der Waals surface area contributed by atoms with Crippen LogP contribution in [-0.2, 0) is 6.42 Å². The third kappa shape index (κ3) is 3.75. The van der Waals surface area contributed by atoms with Crippen molar-refractivity contribution in [3.8, 4) is 5.75 Å². The summed E-state index contributed by atoms with van der Waals surface area (Å²) in [5, 5.41) is 0.899. The van der Waals surface area contributed by atoms with Crippen molar-refractivity contribution in [1.29, 1.82) is 0 Å². The zero-order valence-electron chi connectivity index (χ0n) is 10.6. The highest BCUT2D eigenvalue weighted by molar-refractivity contribution is 9.10. The minimum absolute atomic E-state index is 0.0525. The SMILES string of the molecule is COc1ccc(Br)c(CC(=O)c2cc(Cl)cc(Cl)c2)c1. The van der Waals surface area contributed by atoms with E-state index in [4.69, 9.17) is 27.9 Å². The smallest absolute Gasteiger partial charge is 0.167 e. The van der Waals surface area contributed by atoms with Gasteiger partial charge in [0.1, 0.15) is 5.75 Å². The molecule has 2 aromatic rings. The summed E-state index contributed by atoms with van der Waals surface area (Å²) in [6, 6.07) is 10.3. The second kappa shape index (κ2) is 6.61. The molecule has 0 heterocycles. The molecule has 0 fully saturated rings. The van der Waals surface area contributed by atoms with Crippen LogP contribution in [0.25, 0.3) is 0 Å². The van der Waals surface area contributed by atoms with E-state index in [-0.39, 0.29) is 12.2 Å². The Kier molecular flexibility index (Phi) is 5.08. The molecule has 104 valence electrons. The second-order valence-electron chi connectivity index (χ2n) is 4.22. The Balaban J connectivity index is 2.27. The number of rotatable bonds is 4. The Labute approximate surface area is 135 Å². The van der Waals surface area contributed by atoms with Crippen molar-refractivity contribution < 1.29 is 9.53 Å². The minimum Gasteiger partial charge on any atom is -0.497 e. The first-order valence-electron chi connectivity index (χ1n) is 5.81. The maximum absolute atomic E-state index is 12.3. The van der Waals surface area contributed by atoms with E-state index < -0.39 is 0 Å². The molecule has 0 spiro atoms. The summed E-state index contributed by atoms with van der Waals surface area (Å²) < 4.78 is 6.02. The highest BCUT2D eigenvalue weighted by Gasteiger charge is 2.12. The number of hydrogen-bond acceptors (Lipinski definition) is 2. The van der Waals surface area contributed by atoms with Crippen molar-refractivity contribution in [3.05, 3.63) is 62.0 Å². The summed E-state index contributed by atoms with van der Waals surface area (Å²) in [6.07, 6.45) is 0.244. The Morgan fingerprint density at radius 1 is 1.15 bits per heavy atom. The van der Waals surface area contributed by atoms with Gasteiger partial charge in [0.15, 0.2) is 5.78 Å². The van der Waals surface area contributed by atoms with Crippen molar-refractivity contribution in [3.63, 3.8) is 0 Å². The van der Waals surface area contributed by atoms with E-state index in [0.717, 1.165) is 10.0 Å². The largest absolute Gasteiger partial charge is 0.497 e. The maximum atomic E-state index is 12.3. The molecule has 0 saturated carbocycles. The maximum Gasteiger partial charge on any atom is 0.167 e. The van der Waals surface area contributed by atoms with Gasteiger partial charge in [0, 0.05) is 26.5 Å². The fraction of sp³-hybridized carbons (Fsp3) is 0.133. The molecule has 2 rings (SSSR count). The molecule has 0 aliphatic rings. The Bertz CT molecular complexity index is 636. The van der Waals surface area contributed by atoms with Crippen molar-refractivity contribution in [2.75, 3.05) is 7.11 Å². The van der Waals surface area contributed by atoms with Crippen LogP contribution in [0.3, 0.4) is 0 Å². The Hall–Kier alpha value is -1.03. The molecule has 0 aliphatic carbocycles. The van der Waals surface area contributed by atoms with E-state index in [0.29, 0.717) is 21.4 Å². The Morgan fingerprint density at radius 2 is 1.80 bits per heavy atom. The number of halogens is 3. The van der Waals surface area contributed by atoms with Crippen molar-refractivity contribution >= 4 is 44.9 Å². The van der Waals surface area contributed by atoms with Crippen molar-refractivity contribution in [2.24, 2.45) is 0 Å². The monoisotopic (exact) mass is 372 g/mol. The second-order valence-corrected chi connectivity index (χ2v) is 5.94. The predicted octanol–water partition coefficient (Wildman–Crippen LogP) is 5.19. The molecule has 0 N–H and O–H groups in total. The molecule has 0 radical (unpaired) electrons. The van der Waals surface area contributed by atoms with E-state index >= 15 is 0 Å². The van der Waals surface area contributed by atoms with Crippen LogP contribution in [0.4, 0.5) is 0 Å². The lowest BCUT2D eigenvalue weighted by Crippen LogP contribution is -2.04. The van der Waals surface area contributed by atoms with E-state index in [9.17, 15) is 4.79 Å². The predicted molar refractivity (Wildman–Crippen MR) is 85.2 cm³/mol. The first-order valence-corrected chi connectivity index (χ1v) is 7.36. The van der Waals surface area contributed by atoms with Crippen LogP contribution in [0.1, 0.15) is 15.9 Å². The number of benzene rings is 2. The average molecular weight is 374 g/mol. The lowest BCUT2D eigenvalue weighted by Gasteiger charge is -2.07. The zero-order valence-corrected chi connectivity index (χ0v) is 13.7.